The van der Waals surface area contributed by atoms with Crippen LogP contribution in [0.15, 0.2) is 58.3 Å². The van der Waals surface area contributed by atoms with Crippen molar-refractivity contribution in [2.75, 3.05) is 34.4 Å². The van der Waals surface area contributed by atoms with Crippen molar-refractivity contribution in [3.05, 3.63) is 48.5 Å². The number of benzene rings is 2. The molecule has 2 heterocycles. The van der Waals surface area contributed by atoms with Gasteiger partial charge in [-0.25, -0.2) is 0 Å². The largest absolute Gasteiger partial charge is 0.310 e. The Kier molecular flexibility index (Phi) is 5.74. The van der Waals surface area contributed by atoms with Crippen LogP contribution in [0.4, 0.5) is 11.4 Å². The Morgan fingerprint density at radius 2 is 1.19 bits per heavy atom. The van der Waals surface area contributed by atoms with Crippen LogP contribution in [0.1, 0.15) is 19.3 Å². The average Bonchev–Trinajstić information content (AvgIpc) is 2.72. The highest BCUT2D eigenvalue weighted by Gasteiger charge is 2.24. The lowest BCUT2D eigenvalue weighted by Crippen LogP contribution is -2.36. The van der Waals surface area contributed by atoms with E-state index in [0.29, 0.717) is 19.3 Å². The maximum atomic E-state index is 12.7. The topological polar surface area (TPSA) is 40.6 Å². The lowest BCUT2D eigenvalue weighted by molar-refractivity contribution is -0.119. The van der Waals surface area contributed by atoms with Gasteiger partial charge in [-0.15, -0.1) is 23.5 Å². The van der Waals surface area contributed by atoms with Crippen LogP contribution in [-0.2, 0) is 9.59 Å². The molecule has 0 saturated carbocycles. The number of hydrogen-bond donors (Lipinski definition) is 0. The number of carbonyl (C=O) groups excluding carboxylic acids is 2. The Balaban J connectivity index is 1.34. The molecule has 0 saturated heterocycles. The Labute approximate surface area is 168 Å². The standard InChI is InChI=1S/C21H22N2O2S2/c24-20(22-12-14-26-18-8-3-1-6-16(18)22)10-5-11-21(25)23-13-15-27-19-9-4-2-7-17(19)23/h1-4,6-9H,5,10-15H2. The second kappa shape index (κ2) is 8.40. The van der Waals surface area contributed by atoms with E-state index in [-0.39, 0.29) is 11.8 Å². The highest BCUT2D eigenvalue weighted by Crippen LogP contribution is 2.36. The third-order valence-electron chi connectivity index (χ3n) is 4.84. The van der Waals surface area contributed by atoms with E-state index in [1.165, 1.54) is 0 Å². The van der Waals surface area contributed by atoms with Gasteiger partial charge in [-0.05, 0) is 30.7 Å². The molecule has 2 aliphatic rings. The lowest BCUT2D eigenvalue weighted by Gasteiger charge is -2.30. The van der Waals surface area contributed by atoms with Gasteiger partial charge in [0.2, 0.25) is 11.8 Å². The molecule has 4 rings (SSSR count). The number of anilines is 2. The van der Waals surface area contributed by atoms with E-state index in [2.05, 4.69) is 12.1 Å². The van der Waals surface area contributed by atoms with Crippen LogP contribution in [0.5, 0.6) is 0 Å². The molecule has 4 nitrogen and oxygen atoms in total. The van der Waals surface area contributed by atoms with Gasteiger partial charge >= 0.3 is 0 Å². The smallest absolute Gasteiger partial charge is 0.227 e. The second-order valence-electron chi connectivity index (χ2n) is 6.58. The molecular weight excluding hydrogens is 376 g/mol. The van der Waals surface area contributed by atoms with Crippen molar-refractivity contribution in [2.24, 2.45) is 0 Å². The first-order chi connectivity index (χ1) is 13.2. The normalized spacial score (nSPS) is 15.9. The molecular formula is C21H22N2O2S2. The van der Waals surface area contributed by atoms with E-state index in [9.17, 15) is 9.59 Å². The van der Waals surface area contributed by atoms with Crippen LogP contribution in [0.2, 0.25) is 0 Å². The first-order valence-corrected chi connectivity index (χ1v) is 11.3. The summed E-state index contributed by atoms with van der Waals surface area (Å²) in [6, 6.07) is 16.1. The van der Waals surface area contributed by atoms with E-state index in [0.717, 1.165) is 45.8 Å². The molecule has 0 aliphatic carbocycles. The summed E-state index contributed by atoms with van der Waals surface area (Å²) in [5, 5.41) is 0. The van der Waals surface area contributed by atoms with Crippen molar-refractivity contribution in [3.8, 4) is 0 Å². The lowest BCUT2D eigenvalue weighted by atomic mass is 10.1. The van der Waals surface area contributed by atoms with Gasteiger partial charge in [0, 0.05) is 47.2 Å². The average molecular weight is 399 g/mol. The zero-order valence-electron chi connectivity index (χ0n) is 15.1. The van der Waals surface area contributed by atoms with Crippen LogP contribution in [-0.4, -0.2) is 36.4 Å². The highest BCUT2D eigenvalue weighted by molar-refractivity contribution is 7.99. The Bertz CT molecular complexity index is 786. The van der Waals surface area contributed by atoms with Crippen molar-refractivity contribution < 1.29 is 9.59 Å². The van der Waals surface area contributed by atoms with Gasteiger partial charge in [-0.1, -0.05) is 24.3 Å². The van der Waals surface area contributed by atoms with Gasteiger partial charge in [0.05, 0.1) is 11.4 Å². The zero-order valence-corrected chi connectivity index (χ0v) is 16.7. The number of fused-ring (bicyclic) bond motifs is 2. The zero-order chi connectivity index (χ0) is 18.6. The monoisotopic (exact) mass is 398 g/mol. The molecule has 0 atom stereocenters. The first-order valence-electron chi connectivity index (χ1n) is 9.28. The molecule has 0 bridgehead atoms. The number of carbonyl (C=O) groups is 2. The molecule has 0 fully saturated rings. The van der Waals surface area contributed by atoms with Crippen molar-refractivity contribution in [1.82, 2.24) is 0 Å². The minimum absolute atomic E-state index is 0.116. The fourth-order valence-electron chi connectivity index (χ4n) is 3.52. The molecule has 0 N–H and O–H groups in total. The predicted molar refractivity (Wildman–Crippen MR) is 113 cm³/mol. The molecule has 2 amide bonds. The van der Waals surface area contributed by atoms with E-state index >= 15 is 0 Å². The molecule has 2 aromatic carbocycles. The van der Waals surface area contributed by atoms with E-state index < -0.39 is 0 Å². The number of rotatable bonds is 4. The maximum absolute atomic E-state index is 12.7. The third-order valence-corrected chi connectivity index (χ3v) is 6.93. The van der Waals surface area contributed by atoms with E-state index in [1.54, 1.807) is 23.5 Å². The predicted octanol–water partition coefficient (Wildman–Crippen LogP) is 4.43. The van der Waals surface area contributed by atoms with Gasteiger partial charge < -0.3 is 9.80 Å². The molecule has 0 unspecified atom stereocenters. The summed E-state index contributed by atoms with van der Waals surface area (Å²) in [6.45, 7) is 1.48. The summed E-state index contributed by atoms with van der Waals surface area (Å²) in [4.78, 5) is 31.5. The van der Waals surface area contributed by atoms with Crippen molar-refractivity contribution >= 4 is 46.7 Å². The summed E-state index contributed by atoms with van der Waals surface area (Å²) in [6.07, 6.45) is 1.42. The van der Waals surface area contributed by atoms with Crippen molar-refractivity contribution in [3.63, 3.8) is 0 Å². The number of nitrogens with zero attached hydrogens (tertiary/aromatic N) is 2. The number of amides is 2. The second-order valence-corrected chi connectivity index (χ2v) is 8.85. The molecule has 6 heteroatoms. The summed E-state index contributed by atoms with van der Waals surface area (Å²) < 4.78 is 0. The van der Waals surface area contributed by atoms with Gasteiger partial charge in [0.25, 0.3) is 0 Å². The summed E-state index contributed by atoms with van der Waals surface area (Å²) in [7, 11) is 0. The minimum Gasteiger partial charge on any atom is -0.310 e. The number of para-hydroxylation sites is 2. The Morgan fingerprint density at radius 3 is 1.67 bits per heavy atom. The molecule has 2 aromatic rings. The van der Waals surface area contributed by atoms with Crippen LogP contribution in [0.25, 0.3) is 0 Å². The van der Waals surface area contributed by atoms with Crippen LogP contribution >= 0.6 is 23.5 Å². The fourth-order valence-corrected chi connectivity index (χ4v) is 5.51. The van der Waals surface area contributed by atoms with E-state index in [4.69, 9.17) is 0 Å². The number of hydrogen-bond acceptors (Lipinski definition) is 4. The van der Waals surface area contributed by atoms with E-state index in [1.807, 2.05) is 46.2 Å². The molecule has 0 spiro atoms. The minimum atomic E-state index is 0.116. The highest BCUT2D eigenvalue weighted by atomic mass is 32.2. The number of thioether (sulfide) groups is 2. The Hall–Kier alpha value is -1.92. The Morgan fingerprint density at radius 1 is 0.741 bits per heavy atom. The summed E-state index contributed by atoms with van der Waals surface area (Å²) in [5.74, 6) is 2.07. The molecule has 0 aromatic heterocycles. The fraction of sp³-hybridized carbons (Fsp3) is 0.333. The molecule has 27 heavy (non-hydrogen) atoms. The SMILES string of the molecule is O=C(CCCC(=O)N1CCSc2ccccc21)N1CCSc2ccccc21. The van der Waals surface area contributed by atoms with Gasteiger partial charge in [0.1, 0.15) is 0 Å². The van der Waals surface area contributed by atoms with Crippen LogP contribution in [0.3, 0.4) is 0 Å². The van der Waals surface area contributed by atoms with Gasteiger partial charge in [0.15, 0.2) is 0 Å². The summed E-state index contributed by atoms with van der Waals surface area (Å²) in [5.41, 5.74) is 2.01. The quantitative estimate of drug-likeness (QED) is 0.764. The molecule has 140 valence electrons. The first kappa shape index (κ1) is 18.4. The third kappa shape index (κ3) is 4.01. The van der Waals surface area contributed by atoms with Gasteiger partial charge in [-0.2, -0.15) is 0 Å². The molecule has 0 radical (unpaired) electrons. The van der Waals surface area contributed by atoms with Gasteiger partial charge in [-0.3, -0.25) is 9.59 Å². The van der Waals surface area contributed by atoms with Crippen LogP contribution < -0.4 is 9.80 Å². The maximum Gasteiger partial charge on any atom is 0.227 e. The summed E-state index contributed by atoms with van der Waals surface area (Å²) >= 11 is 3.59. The van der Waals surface area contributed by atoms with Crippen LogP contribution in [0, 0.1) is 0 Å². The molecule has 2 aliphatic heterocycles. The van der Waals surface area contributed by atoms with Crippen molar-refractivity contribution in [1.29, 1.82) is 0 Å². The van der Waals surface area contributed by atoms with Crippen molar-refractivity contribution in [2.45, 2.75) is 29.1 Å².